The van der Waals surface area contributed by atoms with E-state index < -0.39 is 0 Å². The van der Waals surface area contributed by atoms with Crippen molar-refractivity contribution in [1.82, 2.24) is 0 Å². The van der Waals surface area contributed by atoms with Crippen LogP contribution in [0.2, 0.25) is 0 Å². The number of ether oxygens (including phenoxy) is 3. The van der Waals surface area contributed by atoms with Crippen molar-refractivity contribution in [1.29, 1.82) is 0 Å². The van der Waals surface area contributed by atoms with Crippen molar-refractivity contribution >= 4 is 7.85 Å². The molecule has 0 aliphatic carbocycles. The third kappa shape index (κ3) is 5.89. The quantitative estimate of drug-likeness (QED) is 0.705. The second-order valence-corrected chi connectivity index (χ2v) is 6.91. The maximum absolute atomic E-state index is 6.04. The fraction of sp³-hybridized carbons (Fsp3) is 1.00. The number of hydrogen-bond acceptors (Lipinski definition) is 3. The van der Waals surface area contributed by atoms with E-state index in [1.165, 1.54) is 0 Å². The summed E-state index contributed by atoms with van der Waals surface area (Å²) in [5.41, 5.74) is -0.250. The van der Waals surface area contributed by atoms with Crippen molar-refractivity contribution in [2.75, 3.05) is 6.61 Å². The summed E-state index contributed by atoms with van der Waals surface area (Å²) in [7, 11) is 2.09. The van der Waals surface area contributed by atoms with Gasteiger partial charge in [-0.2, -0.15) is 0 Å². The van der Waals surface area contributed by atoms with Crippen LogP contribution in [-0.4, -0.2) is 43.9 Å². The Hall–Kier alpha value is -0.0551. The Bertz CT molecular complexity index is 242. The maximum atomic E-state index is 6.04. The Morgan fingerprint density at radius 3 is 2.18 bits per heavy atom. The van der Waals surface area contributed by atoms with Crippen LogP contribution in [-0.2, 0) is 14.2 Å². The zero-order chi connectivity index (χ0) is 13.3. The summed E-state index contributed by atoms with van der Waals surface area (Å²) in [4.78, 5) is 0. The smallest absolute Gasteiger partial charge is 0.139 e. The van der Waals surface area contributed by atoms with Gasteiger partial charge >= 0.3 is 0 Å². The Labute approximate surface area is 107 Å². The van der Waals surface area contributed by atoms with Gasteiger partial charge in [0.2, 0.25) is 0 Å². The fourth-order valence-corrected chi connectivity index (χ4v) is 1.98. The topological polar surface area (TPSA) is 27.7 Å². The van der Waals surface area contributed by atoms with Gasteiger partial charge < -0.3 is 14.2 Å². The summed E-state index contributed by atoms with van der Waals surface area (Å²) in [6, 6.07) is 0.260. The Morgan fingerprint density at radius 2 is 1.71 bits per heavy atom. The molecule has 3 atom stereocenters. The van der Waals surface area contributed by atoms with Gasteiger partial charge in [0.15, 0.2) is 0 Å². The average molecular weight is 242 g/mol. The summed E-state index contributed by atoms with van der Waals surface area (Å²) in [5, 5.41) is 0. The highest BCUT2D eigenvalue weighted by Gasteiger charge is 2.36. The molecule has 3 unspecified atom stereocenters. The van der Waals surface area contributed by atoms with Crippen LogP contribution in [0.25, 0.3) is 0 Å². The van der Waals surface area contributed by atoms with Crippen LogP contribution in [0.3, 0.4) is 0 Å². The molecule has 0 bridgehead atoms. The molecule has 0 N–H and O–H groups in total. The molecule has 3 nitrogen and oxygen atoms in total. The van der Waals surface area contributed by atoms with Crippen molar-refractivity contribution in [2.45, 2.75) is 77.4 Å². The first kappa shape index (κ1) is 15.0. The van der Waals surface area contributed by atoms with Crippen molar-refractivity contribution in [3.05, 3.63) is 0 Å². The molecule has 0 aromatic rings. The number of hydrogen-bond donors (Lipinski definition) is 0. The Morgan fingerprint density at radius 1 is 1.12 bits per heavy atom. The van der Waals surface area contributed by atoms with E-state index in [2.05, 4.69) is 49.4 Å². The van der Waals surface area contributed by atoms with Crippen LogP contribution in [0, 0.1) is 0 Å². The largest absolute Gasteiger partial charge is 0.379 e. The van der Waals surface area contributed by atoms with Gasteiger partial charge in [-0.05, 0) is 48.0 Å². The molecule has 1 saturated heterocycles. The summed E-state index contributed by atoms with van der Waals surface area (Å²) in [5.74, 6) is 0. The van der Waals surface area contributed by atoms with E-state index in [4.69, 9.17) is 14.2 Å². The molecule has 0 amide bonds. The zero-order valence-electron chi connectivity index (χ0n) is 12.4. The van der Waals surface area contributed by atoms with E-state index in [1.54, 1.807) is 0 Å². The standard InChI is InChI=1S/C13H27BO3/c1-12(2,3)15-8-10-9(7-11(14)16-10)17-13(4,5)6/h9-11H,7-8,14H2,1-6H3. The van der Waals surface area contributed by atoms with Crippen LogP contribution in [0.4, 0.5) is 0 Å². The molecular weight excluding hydrogens is 215 g/mol. The van der Waals surface area contributed by atoms with Gasteiger partial charge in [0.05, 0.1) is 23.9 Å². The van der Waals surface area contributed by atoms with Gasteiger partial charge in [-0.3, -0.25) is 0 Å². The minimum Gasteiger partial charge on any atom is -0.379 e. The van der Waals surface area contributed by atoms with Crippen molar-refractivity contribution in [2.24, 2.45) is 0 Å². The fourth-order valence-electron chi connectivity index (χ4n) is 1.98. The van der Waals surface area contributed by atoms with Gasteiger partial charge in [0.1, 0.15) is 14.0 Å². The normalized spacial score (nSPS) is 30.8. The first-order valence-corrected chi connectivity index (χ1v) is 6.54. The number of rotatable bonds is 3. The molecule has 1 aliphatic rings. The van der Waals surface area contributed by atoms with Crippen molar-refractivity contribution in [3.63, 3.8) is 0 Å². The molecule has 1 rings (SSSR count). The lowest BCUT2D eigenvalue weighted by Crippen LogP contribution is -2.37. The van der Waals surface area contributed by atoms with Crippen LogP contribution in [0.5, 0.6) is 0 Å². The first-order chi connectivity index (χ1) is 7.57. The molecule has 0 saturated carbocycles. The monoisotopic (exact) mass is 242 g/mol. The lowest BCUT2D eigenvalue weighted by atomic mass is 9.95. The highest BCUT2D eigenvalue weighted by molar-refractivity contribution is 6.11. The van der Waals surface area contributed by atoms with E-state index >= 15 is 0 Å². The minimum atomic E-state index is -0.127. The maximum Gasteiger partial charge on any atom is 0.139 e. The van der Waals surface area contributed by atoms with Crippen LogP contribution in [0.1, 0.15) is 48.0 Å². The van der Waals surface area contributed by atoms with E-state index in [1.807, 2.05) is 0 Å². The van der Waals surface area contributed by atoms with Crippen LogP contribution >= 0.6 is 0 Å². The molecule has 0 spiro atoms. The van der Waals surface area contributed by atoms with Crippen molar-refractivity contribution in [3.8, 4) is 0 Å². The molecule has 17 heavy (non-hydrogen) atoms. The molecule has 0 aromatic heterocycles. The van der Waals surface area contributed by atoms with Crippen LogP contribution < -0.4 is 0 Å². The lowest BCUT2D eigenvalue weighted by molar-refractivity contribution is -0.124. The van der Waals surface area contributed by atoms with Crippen LogP contribution in [0.15, 0.2) is 0 Å². The third-order valence-corrected chi connectivity index (χ3v) is 2.57. The SMILES string of the molecule is BC1CC(OC(C)(C)C)C(COC(C)(C)C)O1. The highest BCUT2D eigenvalue weighted by Crippen LogP contribution is 2.27. The van der Waals surface area contributed by atoms with Gasteiger partial charge in [0.25, 0.3) is 0 Å². The molecule has 0 aromatic carbocycles. The van der Waals surface area contributed by atoms with Gasteiger partial charge in [-0.15, -0.1) is 0 Å². The summed E-state index contributed by atoms with van der Waals surface area (Å²) >= 11 is 0. The van der Waals surface area contributed by atoms with E-state index in [9.17, 15) is 0 Å². The zero-order valence-corrected chi connectivity index (χ0v) is 12.4. The summed E-state index contributed by atoms with van der Waals surface area (Å²) in [6.45, 7) is 13.0. The van der Waals surface area contributed by atoms with E-state index in [0.717, 1.165) is 6.42 Å². The van der Waals surface area contributed by atoms with Crippen molar-refractivity contribution < 1.29 is 14.2 Å². The van der Waals surface area contributed by atoms with Gasteiger partial charge in [-0.1, -0.05) is 0 Å². The average Bonchev–Trinajstić information content (AvgIpc) is 2.38. The molecule has 1 heterocycles. The summed E-state index contributed by atoms with van der Waals surface area (Å²) in [6.07, 6.45) is 1.16. The predicted molar refractivity (Wildman–Crippen MR) is 72.2 cm³/mol. The minimum absolute atomic E-state index is 0.0587. The van der Waals surface area contributed by atoms with Gasteiger partial charge in [0, 0.05) is 6.00 Å². The third-order valence-electron chi connectivity index (χ3n) is 2.57. The Balaban J connectivity index is 2.51. The second-order valence-electron chi connectivity index (χ2n) is 6.91. The predicted octanol–water partition coefficient (Wildman–Crippen LogP) is 1.73. The molecule has 0 radical (unpaired) electrons. The van der Waals surface area contributed by atoms with E-state index in [0.29, 0.717) is 6.61 Å². The Kier molecular flexibility index (Phi) is 4.67. The lowest BCUT2D eigenvalue weighted by Gasteiger charge is -2.29. The molecule has 1 fully saturated rings. The van der Waals surface area contributed by atoms with Gasteiger partial charge in [-0.25, -0.2) is 0 Å². The molecule has 4 heteroatoms. The highest BCUT2D eigenvalue weighted by atomic mass is 16.6. The molecular formula is C13H27BO3. The molecule has 1 aliphatic heterocycles. The first-order valence-electron chi connectivity index (χ1n) is 6.54. The summed E-state index contributed by atoms with van der Waals surface area (Å²) < 4.78 is 17.7. The second kappa shape index (κ2) is 5.29. The molecule has 100 valence electrons. The van der Waals surface area contributed by atoms with E-state index in [-0.39, 0.29) is 29.4 Å².